The molecule has 0 saturated heterocycles. The average Bonchev–Trinajstić information content (AvgIpc) is 3.76. The van der Waals surface area contributed by atoms with Crippen LogP contribution in [0, 0.1) is 0 Å². The van der Waals surface area contributed by atoms with Crippen molar-refractivity contribution in [1.82, 2.24) is 38.2 Å². The smallest absolute Gasteiger partial charge is 0.183 e. The van der Waals surface area contributed by atoms with Crippen molar-refractivity contribution in [3.63, 3.8) is 0 Å². The lowest BCUT2D eigenvalue weighted by molar-refractivity contribution is 0.0990. The molecule has 214 valence electrons. The highest BCUT2D eigenvalue weighted by Gasteiger charge is 2.25. The number of Topliss-reactive ketones (excluding diaryl/α,β-unsaturated/α-hetero) is 1. The first-order valence-corrected chi connectivity index (χ1v) is 14.0. The minimum Gasteiger partial charge on any atom is -0.337 e. The van der Waals surface area contributed by atoms with Crippen LogP contribution >= 0.6 is 0 Å². The van der Waals surface area contributed by atoms with E-state index in [4.69, 9.17) is 17.2 Å². The maximum Gasteiger partial charge on any atom is 0.183 e. The zero-order valence-electron chi connectivity index (χ0n) is 23.9. The van der Waals surface area contributed by atoms with E-state index in [-0.39, 0.29) is 23.9 Å². The molecule has 4 aromatic heterocycles. The predicted molar refractivity (Wildman–Crippen MR) is 151 cm³/mol. The molecule has 4 heterocycles. The SMILES string of the molecule is Cn1cnc2c1CCC2=O.Cn1cnc2c1CCC2N.Cn1cnc2c1CC[C@@H]2N.Cn1cnc2c1CC[C@H]2N. The fraction of sp³-hybridized carbons (Fsp3) is 0.536. The lowest BCUT2D eigenvalue weighted by atomic mass is 10.3. The summed E-state index contributed by atoms with van der Waals surface area (Å²) in [6, 6.07) is 0.573. The number of aromatic nitrogens is 8. The molecule has 12 nitrogen and oxygen atoms in total. The van der Waals surface area contributed by atoms with Crippen molar-refractivity contribution >= 4 is 5.78 Å². The number of rotatable bonds is 0. The van der Waals surface area contributed by atoms with Crippen LogP contribution in [0.4, 0.5) is 0 Å². The summed E-state index contributed by atoms with van der Waals surface area (Å²) < 4.78 is 8.09. The molecule has 4 aliphatic carbocycles. The molecule has 0 fully saturated rings. The van der Waals surface area contributed by atoms with Crippen LogP contribution in [0.3, 0.4) is 0 Å². The minimum absolute atomic E-state index is 0.190. The fourth-order valence-corrected chi connectivity index (χ4v) is 5.88. The summed E-state index contributed by atoms with van der Waals surface area (Å²) >= 11 is 0. The molecule has 6 N–H and O–H groups in total. The summed E-state index contributed by atoms with van der Waals surface area (Å²) in [6.45, 7) is 0. The Labute approximate surface area is 234 Å². The van der Waals surface area contributed by atoms with E-state index in [1.165, 1.54) is 17.1 Å². The van der Waals surface area contributed by atoms with Crippen molar-refractivity contribution in [3.05, 3.63) is 70.9 Å². The molecule has 0 radical (unpaired) electrons. The summed E-state index contributed by atoms with van der Waals surface area (Å²) in [4.78, 5) is 27.6. The molecule has 0 saturated carbocycles. The first-order valence-electron chi connectivity index (χ1n) is 14.0. The van der Waals surface area contributed by atoms with Crippen molar-refractivity contribution < 1.29 is 4.79 Å². The zero-order valence-corrected chi connectivity index (χ0v) is 23.9. The second kappa shape index (κ2) is 11.5. The summed E-state index contributed by atoms with van der Waals surface area (Å²) in [5.41, 5.74) is 26.4. The molecule has 3 atom stereocenters. The van der Waals surface area contributed by atoms with Crippen LogP contribution < -0.4 is 17.2 Å². The number of nitrogens with two attached hydrogens (primary N) is 3. The topological polar surface area (TPSA) is 166 Å². The Balaban J connectivity index is 0.000000108. The van der Waals surface area contributed by atoms with Gasteiger partial charge in [-0.05, 0) is 44.9 Å². The van der Waals surface area contributed by atoms with E-state index in [1.54, 1.807) is 6.33 Å². The third-order valence-corrected chi connectivity index (χ3v) is 8.32. The van der Waals surface area contributed by atoms with Crippen LogP contribution in [-0.4, -0.2) is 44.0 Å². The summed E-state index contributed by atoms with van der Waals surface area (Å²) in [5.74, 6) is 0.190. The molecule has 40 heavy (non-hydrogen) atoms. The average molecular weight is 548 g/mol. The molecule has 12 heteroatoms. The molecule has 4 aromatic rings. The standard InChI is InChI=1S/3C7H11N3.C7H8N2O/c3*1-10-4-9-7-5(8)2-3-6(7)10;1-9-4-8-7-5(9)2-3-6(7)10/h3*4-5H,2-3,8H2,1H3;4H,2-3H2,1H3/t2*5-;;/m10../s1. The molecular formula is C28H41N11O. The van der Waals surface area contributed by atoms with Gasteiger partial charge in [-0.25, -0.2) is 19.9 Å². The van der Waals surface area contributed by atoms with Crippen LogP contribution in [0.15, 0.2) is 25.3 Å². The minimum atomic E-state index is 0.190. The first kappa shape index (κ1) is 27.9. The molecule has 4 aliphatic rings. The van der Waals surface area contributed by atoms with Gasteiger partial charge in [0.25, 0.3) is 0 Å². The Morgan fingerprint density at radius 3 is 1.25 bits per heavy atom. The van der Waals surface area contributed by atoms with E-state index in [2.05, 4.69) is 33.6 Å². The van der Waals surface area contributed by atoms with E-state index in [0.29, 0.717) is 12.1 Å². The number of fused-ring (bicyclic) bond motifs is 4. The van der Waals surface area contributed by atoms with Gasteiger partial charge in [0.1, 0.15) is 5.69 Å². The maximum absolute atomic E-state index is 11.0. The third kappa shape index (κ3) is 5.38. The van der Waals surface area contributed by atoms with E-state index in [1.807, 2.05) is 51.7 Å². The number of ketones is 1. The number of carbonyl (C=O) groups is 1. The zero-order chi connectivity index (χ0) is 28.6. The van der Waals surface area contributed by atoms with E-state index < -0.39 is 0 Å². The highest BCUT2D eigenvalue weighted by molar-refractivity contribution is 5.98. The van der Waals surface area contributed by atoms with Crippen LogP contribution in [-0.2, 0) is 53.9 Å². The predicted octanol–water partition coefficient (Wildman–Crippen LogP) is 1.65. The molecule has 0 amide bonds. The number of carbonyl (C=O) groups excluding carboxylic acids is 1. The number of hydrogen-bond acceptors (Lipinski definition) is 8. The summed E-state index contributed by atoms with van der Waals surface area (Å²) in [7, 11) is 7.97. The van der Waals surface area contributed by atoms with Gasteiger partial charge in [-0.2, -0.15) is 0 Å². The van der Waals surface area contributed by atoms with Gasteiger partial charge in [-0.3, -0.25) is 4.79 Å². The molecule has 0 aliphatic heterocycles. The Morgan fingerprint density at radius 2 is 0.900 bits per heavy atom. The Kier molecular flexibility index (Phi) is 8.02. The number of nitrogens with zero attached hydrogens (tertiary/aromatic N) is 8. The number of hydrogen-bond donors (Lipinski definition) is 3. The van der Waals surface area contributed by atoms with Crippen LogP contribution in [0.2, 0.25) is 0 Å². The van der Waals surface area contributed by atoms with Gasteiger partial charge in [0.15, 0.2) is 5.78 Å². The lowest BCUT2D eigenvalue weighted by Crippen LogP contribution is -2.05. The quantitative estimate of drug-likeness (QED) is 0.299. The van der Waals surface area contributed by atoms with Gasteiger partial charge >= 0.3 is 0 Å². The Bertz CT molecular complexity index is 1360. The molecule has 0 aromatic carbocycles. The van der Waals surface area contributed by atoms with Crippen LogP contribution in [0.25, 0.3) is 0 Å². The van der Waals surface area contributed by atoms with Crippen molar-refractivity contribution in [2.75, 3.05) is 0 Å². The highest BCUT2D eigenvalue weighted by atomic mass is 16.1. The number of aryl methyl sites for hydroxylation is 4. The van der Waals surface area contributed by atoms with Gasteiger partial charge in [0.05, 0.1) is 42.4 Å². The van der Waals surface area contributed by atoms with Crippen molar-refractivity contribution in [1.29, 1.82) is 0 Å². The van der Waals surface area contributed by atoms with Gasteiger partial charge in [0.2, 0.25) is 0 Å². The molecule has 1 unspecified atom stereocenters. The van der Waals surface area contributed by atoms with E-state index in [0.717, 1.165) is 67.7 Å². The van der Waals surface area contributed by atoms with E-state index >= 15 is 0 Å². The van der Waals surface area contributed by atoms with E-state index in [9.17, 15) is 4.79 Å². The lowest BCUT2D eigenvalue weighted by Gasteiger charge is -1.95. The van der Waals surface area contributed by atoms with Gasteiger partial charge in [-0.1, -0.05) is 0 Å². The monoisotopic (exact) mass is 547 g/mol. The fourth-order valence-electron chi connectivity index (χ4n) is 5.88. The van der Waals surface area contributed by atoms with Crippen molar-refractivity contribution in [3.8, 4) is 0 Å². The molecule has 0 spiro atoms. The highest BCUT2D eigenvalue weighted by Crippen LogP contribution is 2.28. The second-order valence-corrected chi connectivity index (χ2v) is 11.1. The number of imidazole rings is 4. The van der Waals surface area contributed by atoms with Crippen molar-refractivity contribution in [2.24, 2.45) is 45.4 Å². The van der Waals surface area contributed by atoms with Gasteiger partial charge < -0.3 is 35.5 Å². The molecule has 8 rings (SSSR count). The van der Waals surface area contributed by atoms with Crippen molar-refractivity contribution in [2.45, 2.75) is 69.5 Å². The first-order chi connectivity index (χ1) is 19.2. The molecule has 0 bridgehead atoms. The van der Waals surface area contributed by atoms with Crippen LogP contribution in [0.1, 0.15) is 94.2 Å². The second-order valence-electron chi connectivity index (χ2n) is 11.1. The summed E-state index contributed by atoms with van der Waals surface area (Å²) in [6.07, 6.45) is 15.2. The van der Waals surface area contributed by atoms with Crippen LogP contribution in [0.5, 0.6) is 0 Å². The van der Waals surface area contributed by atoms with Gasteiger partial charge in [-0.15, -0.1) is 0 Å². The normalized spacial score (nSPS) is 21.4. The summed E-state index contributed by atoms with van der Waals surface area (Å²) in [5, 5.41) is 0. The Hall–Kier alpha value is -3.61. The Morgan fingerprint density at radius 1 is 0.550 bits per heavy atom. The largest absolute Gasteiger partial charge is 0.337 e. The third-order valence-electron chi connectivity index (χ3n) is 8.32. The maximum atomic E-state index is 11.0. The molecular weight excluding hydrogens is 506 g/mol. The van der Waals surface area contributed by atoms with Gasteiger partial charge in [0, 0.05) is 75.5 Å².